The first kappa shape index (κ1) is 28.5. The predicted molar refractivity (Wildman–Crippen MR) is 161 cm³/mol. The van der Waals surface area contributed by atoms with Crippen LogP contribution in [0.2, 0.25) is 0 Å². The van der Waals surface area contributed by atoms with E-state index >= 15 is 0 Å². The molecule has 0 saturated heterocycles. The summed E-state index contributed by atoms with van der Waals surface area (Å²) >= 11 is 0. The molecule has 0 fully saturated rings. The normalized spacial score (nSPS) is 13.7. The molecule has 0 aliphatic heterocycles. The molecule has 4 rings (SSSR count). The standard InChI is InChI=1S/C32H43N7/c1-6-22(3)28(7-2)35-21-32-37-19-30(39-32)27-16-12-25(13-17-27)9-8-24-10-14-26(15-11-24)29-18-36-31(38-29)20-34-23(4)33-5/h7,10-19,22-23,28,33-35H,2,6,8-9,20-21H2,1,3-5H3,(H,36,38)(H,37,39). The SMILES string of the molecule is C=CC(NCc1ncc(-c2ccc(CCc3ccc(-c4cnc(CNC(C)NC)[nH]4)cc3)cc2)[nH]1)C(C)CC. The number of hydrogen-bond acceptors (Lipinski definition) is 5. The molecule has 0 amide bonds. The first-order valence-corrected chi connectivity index (χ1v) is 14.0. The molecule has 0 aliphatic carbocycles. The van der Waals surface area contributed by atoms with Crippen molar-refractivity contribution in [3.8, 4) is 22.5 Å². The van der Waals surface area contributed by atoms with Crippen LogP contribution in [0.4, 0.5) is 0 Å². The van der Waals surface area contributed by atoms with Crippen molar-refractivity contribution in [1.29, 1.82) is 0 Å². The number of hydrogen-bond donors (Lipinski definition) is 5. The van der Waals surface area contributed by atoms with Crippen molar-refractivity contribution in [2.45, 2.75) is 65.3 Å². The van der Waals surface area contributed by atoms with Crippen LogP contribution in [0.25, 0.3) is 22.5 Å². The third kappa shape index (κ3) is 7.99. The van der Waals surface area contributed by atoms with Gasteiger partial charge in [-0.2, -0.15) is 0 Å². The van der Waals surface area contributed by atoms with Gasteiger partial charge >= 0.3 is 0 Å². The van der Waals surface area contributed by atoms with Gasteiger partial charge in [-0.15, -0.1) is 6.58 Å². The highest BCUT2D eigenvalue weighted by atomic mass is 15.1. The molecule has 0 aliphatic rings. The monoisotopic (exact) mass is 525 g/mol. The molecule has 2 heterocycles. The second-order valence-corrected chi connectivity index (χ2v) is 10.3. The van der Waals surface area contributed by atoms with Gasteiger partial charge < -0.3 is 20.6 Å². The number of nitrogens with one attached hydrogen (secondary N) is 5. The van der Waals surface area contributed by atoms with Crippen molar-refractivity contribution in [2.24, 2.45) is 5.92 Å². The molecular formula is C32H43N7. The van der Waals surface area contributed by atoms with Crippen molar-refractivity contribution in [2.75, 3.05) is 7.05 Å². The van der Waals surface area contributed by atoms with Crippen LogP contribution in [0.3, 0.4) is 0 Å². The second kappa shape index (κ2) is 14.0. The predicted octanol–water partition coefficient (Wildman–Crippen LogP) is 5.60. The van der Waals surface area contributed by atoms with E-state index in [9.17, 15) is 0 Å². The van der Waals surface area contributed by atoms with E-state index in [1.54, 1.807) is 0 Å². The van der Waals surface area contributed by atoms with E-state index in [0.29, 0.717) is 19.0 Å². The summed E-state index contributed by atoms with van der Waals surface area (Å²) in [7, 11) is 1.94. The largest absolute Gasteiger partial charge is 0.341 e. The van der Waals surface area contributed by atoms with Crippen LogP contribution in [0, 0.1) is 5.92 Å². The molecule has 0 bridgehead atoms. The summed E-state index contributed by atoms with van der Waals surface area (Å²) in [5, 5.41) is 10.1. The molecular weight excluding hydrogens is 482 g/mol. The van der Waals surface area contributed by atoms with Crippen LogP contribution in [0.1, 0.15) is 50.0 Å². The molecule has 2 aromatic heterocycles. The minimum atomic E-state index is 0.241. The Morgan fingerprint density at radius 2 is 1.28 bits per heavy atom. The van der Waals surface area contributed by atoms with Gasteiger partial charge in [-0.05, 0) is 55.0 Å². The van der Waals surface area contributed by atoms with Gasteiger partial charge in [0.25, 0.3) is 0 Å². The quantitative estimate of drug-likeness (QED) is 0.103. The topological polar surface area (TPSA) is 93.4 Å². The Kier molecular flexibility index (Phi) is 10.3. The van der Waals surface area contributed by atoms with E-state index in [4.69, 9.17) is 0 Å². The van der Waals surface area contributed by atoms with Gasteiger partial charge in [0.05, 0.1) is 43.0 Å². The molecule has 7 heteroatoms. The lowest BCUT2D eigenvalue weighted by Crippen LogP contribution is -2.36. The lowest BCUT2D eigenvalue weighted by molar-refractivity contribution is 0.419. The van der Waals surface area contributed by atoms with E-state index in [1.807, 2.05) is 25.5 Å². The number of H-pyrrole nitrogens is 2. The third-order valence-electron chi connectivity index (χ3n) is 7.51. The Morgan fingerprint density at radius 1 is 0.795 bits per heavy atom. The third-order valence-corrected chi connectivity index (χ3v) is 7.51. The molecule has 7 nitrogen and oxygen atoms in total. The van der Waals surface area contributed by atoms with E-state index in [-0.39, 0.29) is 12.2 Å². The molecule has 3 atom stereocenters. The second-order valence-electron chi connectivity index (χ2n) is 10.3. The van der Waals surface area contributed by atoms with Crippen LogP contribution in [-0.2, 0) is 25.9 Å². The Labute approximate surface area is 233 Å². The highest BCUT2D eigenvalue weighted by molar-refractivity contribution is 5.60. The van der Waals surface area contributed by atoms with Crippen LogP contribution in [-0.4, -0.2) is 39.2 Å². The summed E-state index contributed by atoms with van der Waals surface area (Å²) in [5.41, 5.74) is 7.04. The summed E-state index contributed by atoms with van der Waals surface area (Å²) in [4.78, 5) is 15.9. The summed E-state index contributed by atoms with van der Waals surface area (Å²) in [6.07, 6.45) is 9.17. The Balaban J connectivity index is 1.27. The number of aryl methyl sites for hydroxylation is 2. The lowest BCUT2D eigenvalue weighted by atomic mass is 9.99. The number of aromatic amines is 2. The average molecular weight is 526 g/mol. The maximum absolute atomic E-state index is 4.57. The fourth-order valence-corrected chi connectivity index (χ4v) is 4.53. The molecule has 3 unspecified atom stereocenters. The minimum Gasteiger partial charge on any atom is -0.341 e. The smallest absolute Gasteiger partial charge is 0.120 e. The highest BCUT2D eigenvalue weighted by Crippen LogP contribution is 2.21. The maximum Gasteiger partial charge on any atom is 0.120 e. The summed E-state index contributed by atoms with van der Waals surface area (Å²) in [5.74, 6) is 2.43. The van der Waals surface area contributed by atoms with E-state index in [0.717, 1.165) is 53.4 Å². The highest BCUT2D eigenvalue weighted by Gasteiger charge is 2.12. The number of benzene rings is 2. The molecule has 206 valence electrons. The van der Waals surface area contributed by atoms with E-state index in [1.165, 1.54) is 11.1 Å². The molecule has 4 aromatic rings. The summed E-state index contributed by atoms with van der Waals surface area (Å²) < 4.78 is 0. The zero-order valence-electron chi connectivity index (χ0n) is 23.7. The minimum absolute atomic E-state index is 0.241. The lowest BCUT2D eigenvalue weighted by Gasteiger charge is -2.20. The molecule has 2 aromatic carbocycles. The maximum atomic E-state index is 4.57. The van der Waals surface area contributed by atoms with Gasteiger partial charge in [0.1, 0.15) is 11.6 Å². The van der Waals surface area contributed by atoms with Crippen molar-refractivity contribution in [3.63, 3.8) is 0 Å². The Hall–Kier alpha value is -3.52. The Morgan fingerprint density at radius 3 is 1.72 bits per heavy atom. The van der Waals surface area contributed by atoms with Gasteiger partial charge in [0.15, 0.2) is 0 Å². The molecule has 39 heavy (non-hydrogen) atoms. The number of rotatable bonds is 15. The first-order valence-electron chi connectivity index (χ1n) is 14.0. The number of imidazole rings is 2. The van der Waals surface area contributed by atoms with Gasteiger partial charge in [-0.3, -0.25) is 5.32 Å². The average Bonchev–Trinajstić information content (AvgIpc) is 3.66. The molecule has 5 N–H and O–H groups in total. The van der Waals surface area contributed by atoms with Gasteiger partial charge in [0, 0.05) is 6.04 Å². The fourth-order valence-electron chi connectivity index (χ4n) is 4.53. The summed E-state index contributed by atoms with van der Waals surface area (Å²) in [6.45, 7) is 11.9. The van der Waals surface area contributed by atoms with E-state index < -0.39 is 0 Å². The van der Waals surface area contributed by atoms with Gasteiger partial charge in [-0.1, -0.05) is 74.9 Å². The zero-order valence-corrected chi connectivity index (χ0v) is 23.7. The van der Waals surface area contributed by atoms with Gasteiger partial charge in [-0.25, -0.2) is 9.97 Å². The van der Waals surface area contributed by atoms with Gasteiger partial charge in [0.2, 0.25) is 0 Å². The van der Waals surface area contributed by atoms with Crippen molar-refractivity contribution >= 4 is 0 Å². The number of aromatic nitrogens is 4. The van der Waals surface area contributed by atoms with Crippen molar-refractivity contribution < 1.29 is 0 Å². The zero-order chi connectivity index (χ0) is 27.6. The van der Waals surface area contributed by atoms with E-state index in [2.05, 4.69) is 112 Å². The fraction of sp³-hybridized carbons (Fsp3) is 0.375. The molecule has 0 saturated carbocycles. The van der Waals surface area contributed by atoms with Crippen molar-refractivity contribution in [3.05, 3.63) is 96.4 Å². The van der Waals surface area contributed by atoms with Crippen LogP contribution >= 0.6 is 0 Å². The first-order chi connectivity index (χ1) is 19.0. The van der Waals surface area contributed by atoms with Crippen molar-refractivity contribution in [1.82, 2.24) is 35.9 Å². The van der Waals surface area contributed by atoms with Crippen LogP contribution in [0.5, 0.6) is 0 Å². The van der Waals surface area contributed by atoms with Crippen LogP contribution < -0.4 is 16.0 Å². The molecule has 0 radical (unpaired) electrons. The summed E-state index contributed by atoms with van der Waals surface area (Å²) in [6, 6.07) is 17.8. The Bertz CT molecular complexity index is 1290. The van der Waals surface area contributed by atoms with Crippen LogP contribution in [0.15, 0.2) is 73.6 Å². The molecule has 0 spiro atoms. The number of nitrogens with zero attached hydrogens (tertiary/aromatic N) is 2.